The van der Waals surface area contributed by atoms with Crippen molar-refractivity contribution in [3.05, 3.63) is 40.2 Å². The summed E-state index contributed by atoms with van der Waals surface area (Å²) in [5, 5.41) is 0.571. The van der Waals surface area contributed by atoms with E-state index in [1.807, 2.05) is 32.0 Å². The first-order valence-corrected chi connectivity index (χ1v) is 7.90. The second kappa shape index (κ2) is 7.15. The van der Waals surface area contributed by atoms with Crippen molar-refractivity contribution in [2.75, 3.05) is 4.72 Å². The molecule has 0 bridgehead atoms. The molecule has 0 atom stereocenters. The van der Waals surface area contributed by atoms with E-state index < -0.39 is 0 Å². The highest BCUT2D eigenvalue weighted by molar-refractivity contribution is 9.10. The molecular formula is C13H13BrClN3OS. The minimum atomic E-state index is 0.0538. The second-order valence-corrected chi connectivity index (χ2v) is 6.29. The number of nitrogens with one attached hydrogen (secondary N) is 1. The van der Waals surface area contributed by atoms with Gasteiger partial charge in [0.15, 0.2) is 0 Å². The summed E-state index contributed by atoms with van der Waals surface area (Å²) in [6.07, 6.45) is 3.35. The molecule has 0 aliphatic heterocycles. The number of rotatable bonds is 5. The molecule has 2 aromatic heterocycles. The van der Waals surface area contributed by atoms with Crippen LogP contribution in [0.25, 0.3) is 0 Å². The highest BCUT2D eigenvalue weighted by Crippen LogP contribution is 2.31. The molecule has 106 valence electrons. The molecule has 0 aliphatic rings. The van der Waals surface area contributed by atoms with Crippen LogP contribution >= 0.6 is 39.5 Å². The number of hydrogen-bond acceptors (Lipinski definition) is 5. The number of halogens is 2. The molecule has 20 heavy (non-hydrogen) atoms. The molecule has 0 saturated carbocycles. The lowest BCUT2D eigenvalue weighted by Crippen LogP contribution is -2.08. The highest BCUT2D eigenvalue weighted by atomic mass is 79.9. The van der Waals surface area contributed by atoms with Crippen LogP contribution in [0.2, 0.25) is 5.02 Å². The van der Waals surface area contributed by atoms with Crippen molar-refractivity contribution in [3.63, 3.8) is 0 Å². The maximum atomic E-state index is 5.98. The Labute approximate surface area is 135 Å². The van der Waals surface area contributed by atoms with E-state index in [2.05, 4.69) is 30.6 Å². The van der Waals surface area contributed by atoms with Gasteiger partial charge in [0, 0.05) is 18.1 Å². The number of nitrogens with zero attached hydrogens (tertiary/aromatic N) is 2. The van der Waals surface area contributed by atoms with Crippen LogP contribution < -0.4 is 9.46 Å². The van der Waals surface area contributed by atoms with Gasteiger partial charge >= 0.3 is 0 Å². The Morgan fingerprint density at radius 3 is 2.85 bits per heavy atom. The maximum absolute atomic E-state index is 5.98. The zero-order valence-corrected chi connectivity index (χ0v) is 14.1. The van der Waals surface area contributed by atoms with Crippen LogP contribution in [0, 0.1) is 0 Å². The van der Waals surface area contributed by atoms with Crippen molar-refractivity contribution >= 4 is 45.2 Å². The first-order chi connectivity index (χ1) is 9.54. The van der Waals surface area contributed by atoms with Gasteiger partial charge in [0.1, 0.15) is 4.60 Å². The van der Waals surface area contributed by atoms with E-state index >= 15 is 0 Å². The summed E-state index contributed by atoms with van der Waals surface area (Å²) in [4.78, 5) is 9.12. The molecule has 0 aliphatic carbocycles. The second-order valence-electron chi connectivity index (χ2n) is 4.19. The molecule has 1 N–H and O–H groups in total. The number of anilines is 1. The minimum absolute atomic E-state index is 0.0538. The zero-order chi connectivity index (χ0) is 14.5. The van der Waals surface area contributed by atoms with Crippen molar-refractivity contribution in [2.24, 2.45) is 0 Å². The van der Waals surface area contributed by atoms with Gasteiger partial charge in [-0.25, -0.2) is 9.97 Å². The van der Waals surface area contributed by atoms with Gasteiger partial charge in [0.2, 0.25) is 5.88 Å². The first-order valence-electron chi connectivity index (χ1n) is 5.91. The van der Waals surface area contributed by atoms with Crippen LogP contribution in [0.4, 0.5) is 5.69 Å². The van der Waals surface area contributed by atoms with Crippen molar-refractivity contribution in [2.45, 2.75) is 24.8 Å². The van der Waals surface area contributed by atoms with E-state index in [4.69, 9.17) is 16.3 Å². The van der Waals surface area contributed by atoms with E-state index in [-0.39, 0.29) is 6.10 Å². The molecule has 0 fully saturated rings. The summed E-state index contributed by atoms with van der Waals surface area (Å²) in [6, 6.07) is 5.58. The molecule has 0 amide bonds. The lowest BCUT2D eigenvalue weighted by atomic mass is 10.4. The molecule has 2 aromatic rings. The van der Waals surface area contributed by atoms with Crippen LogP contribution in [0.15, 0.2) is 40.1 Å². The van der Waals surface area contributed by atoms with Gasteiger partial charge in [-0.05, 0) is 59.9 Å². The van der Waals surface area contributed by atoms with Gasteiger partial charge in [-0.1, -0.05) is 11.6 Å². The van der Waals surface area contributed by atoms with Crippen molar-refractivity contribution in [3.8, 4) is 5.88 Å². The molecule has 0 spiro atoms. The Kier molecular flexibility index (Phi) is 5.51. The minimum Gasteiger partial charge on any atom is -0.474 e. The Hall–Kier alpha value is -0.980. The molecule has 4 nitrogen and oxygen atoms in total. The number of ether oxygens (including phenoxy) is 1. The van der Waals surface area contributed by atoms with E-state index in [1.165, 1.54) is 11.9 Å². The monoisotopic (exact) mass is 373 g/mol. The summed E-state index contributed by atoms with van der Waals surface area (Å²) in [5.41, 5.74) is 0.923. The fourth-order valence-electron chi connectivity index (χ4n) is 1.37. The van der Waals surface area contributed by atoms with Crippen LogP contribution in [0.1, 0.15) is 13.8 Å². The summed E-state index contributed by atoms with van der Waals surface area (Å²) in [7, 11) is 0. The maximum Gasteiger partial charge on any atom is 0.229 e. The number of pyridine rings is 2. The van der Waals surface area contributed by atoms with Crippen LogP contribution in [0.3, 0.4) is 0 Å². The smallest absolute Gasteiger partial charge is 0.229 e. The van der Waals surface area contributed by atoms with Crippen LogP contribution in [-0.4, -0.2) is 16.1 Å². The highest BCUT2D eigenvalue weighted by Gasteiger charge is 2.09. The van der Waals surface area contributed by atoms with Gasteiger partial charge in [-0.2, -0.15) is 0 Å². The average molecular weight is 375 g/mol. The Morgan fingerprint density at radius 1 is 1.35 bits per heavy atom. The van der Waals surface area contributed by atoms with Crippen LogP contribution in [0.5, 0.6) is 5.88 Å². The molecule has 2 heterocycles. The summed E-state index contributed by atoms with van der Waals surface area (Å²) in [5.74, 6) is 0.565. The first kappa shape index (κ1) is 15.4. The normalized spacial score (nSPS) is 10.7. The third-order valence-corrected chi connectivity index (χ3v) is 3.63. The van der Waals surface area contributed by atoms with E-state index in [0.29, 0.717) is 10.9 Å². The fraction of sp³-hybridized carbons (Fsp3) is 0.231. The summed E-state index contributed by atoms with van der Waals surface area (Å²) >= 11 is 10.7. The third-order valence-electron chi connectivity index (χ3n) is 2.14. The Morgan fingerprint density at radius 2 is 2.15 bits per heavy atom. The van der Waals surface area contributed by atoms with E-state index in [9.17, 15) is 0 Å². The summed E-state index contributed by atoms with van der Waals surface area (Å²) < 4.78 is 9.64. The lowest BCUT2D eigenvalue weighted by molar-refractivity contribution is 0.226. The van der Waals surface area contributed by atoms with Gasteiger partial charge in [0.05, 0.1) is 16.0 Å². The third kappa shape index (κ3) is 4.54. The molecule has 0 unspecified atom stereocenters. The topological polar surface area (TPSA) is 47.0 Å². The molecule has 0 radical (unpaired) electrons. The Bertz CT molecular complexity index is 598. The van der Waals surface area contributed by atoms with Gasteiger partial charge in [0.25, 0.3) is 0 Å². The molecular weight excluding hydrogens is 362 g/mol. The zero-order valence-electron chi connectivity index (χ0n) is 10.9. The standard InChI is InChI=1S/C13H13BrClN3OS/c1-8(2)19-13-11(5-9(15)7-17-13)20-18-10-3-4-16-12(14)6-10/h3-8H,1-2H3,(H,16,18). The number of hydrogen-bond donors (Lipinski definition) is 1. The molecule has 0 saturated heterocycles. The Balaban J connectivity index is 2.13. The van der Waals surface area contributed by atoms with Crippen molar-refractivity contribution in [1.29, 1.82) is 0 Å². The fourth-order valence-corrected chi connectivity index (χ4v) is 2.69. The molecule has 7 heteroatoms. The number of aromatic nitrogens is 2. The SMILES string of the molecule is CC(C)Oc1ncc(Cl)cc1SNc1ccnc(Br)c1. The van der Waals surface area contributed by atoms with Crippen molar-refractivity contribution < 1.29 is 4.74 Å². The summed E-state index contributed by atoms with van der Waals surface area (Å²) in [6.45, 7) is 3.91. The average Bonchev–Trinajstić information content (AvgIpc) is 2.39. The van der Waals surface area contributed by atoms with Crippen LogP contribution in [-0.2, 0) is 0 Å². The van der Waals surface area contributed by atoms with E-state index in [1.54, 1.807) is 12.4 Å². The lowest BCUT2D eigenvalue weighted by Gasteiger charge is -2.13. The molecule has 2 rings (SSSR count). The van der Waals surface area contributed by atoms with Gasteiger partial charge in [-0.3, -0.25) is 0 Å². The van der Waals surface area contributed by atoms with Crippen molar-refractivity contribution in [1.82, 2.24) is 9.97 Å². The predicted octanol–water partition coefficient (Wildman–Crippen LogP) is 4.80. The largest absolute Gasteiger partial charge is 0.474 e. The van der Waals surface area contributed by atoms with E-state index in [0.717, 1.165) is 15.2 Å². The molecule has 0 aromatic carbocycles. The quantitative estimate of drug-likeness (QED) is 0.602. The van der Waals surface area contributed by atoms with Gasteiger partial charge < -0.3 is 9.46 Å². The van der Waals surface area contributed by atoms with Gasteiger partial charge in [-0.15, -0.1) is 0 Å². The predicted molar refractivity (Wildman–Crippen MR) is 86.4 cm³/mol.